The summed E-state index contributed by atoms with van der Waals surface area (Å²) in [5.41, 5.74) is 21.0. The third-order valence-electron chi connectivity index (χ3n) is 16.4. The highest BCUT2D eigenvalue weighted by atomic mass is 31.2. The Labute approximate surface area is 476 Å². The summed E-state index contributed by atoms with van der Waals surface area (Å²) >= 11 is 0. The molecule has 4 heteroatoms. The molecule has 0 fully saturated rings. The van der Waals surface area contributed by atoms with Crippen LogP contribution in [0.1, 0.15) is 0 Å². The van der Waals surface area contributed by atoms with E-state index in [1.165, 1.54) is 44.5 Å². The van der Waals surface area contributed by atoms with Crippen molar-refractivity contribution >= 4 is 66.8 Å². The van der Waals surface area contributed by atoms with Crippen molar-refractivity contribution < 1.29 is 8.98 Å². The normalized spacial score (nSPS) is 12.3. The van der Waals surface area contributed by atoms with E-state index in [2.05, 4.69) is 284 Å². The molecule has 82 heavy (non-hydrogen) atoms. The Balaban J connectivity index is 0.747. The zero-order valence-electron chi connectivity index (χ0n) is 44.7. The number of aromatic nitrogens is 1. The number of fused-ring (bicyclic) bond motifs is 6. The zero-order chi connectivity index (χ0) is 54.6. The standard InChI is InChI=1S/C78H52NO2P/c80-82(61-23-8-3-9-24-61,62-46-41-55(42-47-62)54-35-37-57(38-36-54)65-26-11-13-28-68(65)70-30-15-14-29-69(70)67-27-12-10-25-64(67)56-21-6-2-7-22-56)63-48-49-76-73(52-63)71-31-16-17-34-75(71)79(76)60-44-39-58(40-45-60)66-32-18-33-72-74-51-59(53-19-4-1-5-20-53)43-50-77(74)81-78(66)72/h1-52H. The van der Waals surface area contributed by atoms with Crippen molar-refractivity contribution in [2.75, 3.05) is 0 Å². The molecule has 15 rings (SSSR count). The molecule has 2 aromatic heterocycles. The maximum Gasteiger partial charge on any atom is 0.171 e. The van der Waals surface area contributed by atoms with Gasteiger partial charge in [-0.2, -0.15) is 0 Å². The topological polar surface area (TPSA) is 35.1 Å². The van der Waals surface area contributed by atoms with Crippen LogP contribution in [0.25, 0.3) is 127 Å². The molecule has 1 atom stereocenters. The molecule has 0 N–H and O–H groups in total. The molecule has 0 aliphatic carbocycles. The lowest BCUT2D eigenvalue weighted by molar-refractivity contribution is 0.592. The Morgan fingerprint density at radius 3 is 1.32 bits per heavy atom. The molecule has 0 aliphatic heterocycles. The minimum Gasteiger partial charge on any atom is -0.455 e. The lowest BCUT2D eigenvalue weighted by atomic mass is 9.86. The van der Waals surface area contributed by atoms with Gasteiger partial charge in [-0.1, -0.05) is 267 Å². The number of nitrogens with zero attached hydrogens (tertiary/aromatic N) is 1. The Hall–Kier alpha value is -10.3. The van der Waals surface area contributed by atoms with Crippen LogP contribution in [-0.4, -0.2) is 4.57 Å². The quantitative estimate of drug-likeness (QED) is 0.121. The van der Waals surface area contributed by atoms with Gasteiger partial charge in [0.05, 0.1) is 11.0 Å². The fourth-order valence-electron chi connectivity index (χ4n) is 12.4. The Morgan fingerprint density at radius 1 is 0.256 bits per heavy atom. The molecule has 0 amide bonds. The predicted molar refractivity (Wildman–Crippen MR) is 346 cm³/mol. The molecule has 0 spiro atoms. The second kappa shape index (κ2) is 20.4. The van der Waals surface area contributed by atoms with E-state index in [1.807, 2.05) is 36.4 Å². The van der Waals surface area contributed by atoms with Gasteiger partial charge in [0.2, 0.25) is 0 Å². The number of furan rings is 1. The van der Waals surface area contributed by atoms with Gasteiger partial charge in [-0.05, 0) is 121 Å². The van der Waals surface area contributed by atoms with E-state index >= 15 is 4.57 Å². The van der Waals surface area contributed by atoms with Crippen LogP contribution in [0.3, 0.4) is 0 Å². The second-order valence-electron chi connectivity index (χ2n) is 21.0. The molecule has 13 aromatic carbocycles. The summed E-state index contributed by atoms with van der Waals surface area (Å²) in [5, 5.41) is 6.73. The van der Waals surface area contributed by atoms with Gasteiger partial charge in [-0.25, -0.2) is 0 Å². The molecular weight excluding hydrogens is 1010 g/mol. The van der Waals surface area contributed by atoms with Crippen LogP contribution in [-0.2, 0) is 4.57 Å². The molecule has 0 bridgehead atoms. The molecule has 15 aromatic rings. The predicted octanol–water partition coefficient (Wildman–Crippen LogP) is 20.0. The lowest BCUT2D eigenvalue weighted by Gasteiger charge is -2.21. The molecule has 386 valence electrons. The van der Waals surface area contributed by atoms with E-state index in [-0.39, 0.29) is 0 Å². The summed E-state index contributed by atoms with van der Waals surface area (Å²) in [6.45, 7) is 0. The Bertz CT molecular complexity index is 4910. The lowest BCUT2D eigenvalue weighted by Crippen LogP contribution is -2.25. The molecular formula is C78H52NO2P. The smallest absolute Gasteiger partial charge is 0.171 e. The van der Waals surface area contributed by atoms with Crippen molar-refractivity contribution in [3.8, 4) is 83.6 Å². The number of hydrogen-bond donors (Lipinski definition) is 0. The van der Waals surface area contributed by atoms with Crippen LogP contribution in [0.15, 0.2) is 320 Å². The molecule has 0 aliphatic rings. The van der Waals surface area contributed by atoms with Gasteiger partial charge >= 0.3 is 0 Å². The SMILES string of the molecule is O=P(c1ccccc1)(c1ccc(-c2ccc(-c3ccccc3-c3ccccc3-c3ccccc3-c3ccccc3)cc2)cc1)c1ccc2c(c1)c1ccccc1n2-c1ccc(-c2cccc3c2oc2ccc(-c4ccccc4)cc23)cc1. The van der Waals surface area contributed by atoms with Crippen LogP contribution in [0.4, 0.5) is 0 Å². The summed E-state index contributed by atoms with van der Waals surface area (Å²) in [6.07, 6.45) is 0. The van der Waals surface area contributed by atoms with Gasteiger partial charge in [0.25, 0.3) is 0 Å². The number of para-hydroxylation sites is 2. The fraction of sp³-hybridized carbons (Fsp3) is 0. The average molecular weight is 1070 g/mol. The van der Waals surface area contributed by atoms with Crippen LogP contribution < -0.4 is 15.9 Å². The van der Waals surface area contributed by atoms with E-state index in [0.29, 0.717) is 0 Å². The number of benzene rings is 13. The van der Waals surface area contributed by atoms with Crippen molar-refractivity contribution in [3.63, 3.8) is 0 Å². The molecule has 0 radical (unpaired) electrons. The van der Waals surface area contributed by atoms with Crippen LogP contribution in [0.2, 0.25) is 0 Å². The first kappa shape index (κ1) is 48.8. The summed E-state index contributed by atoms with van der Waals surface area (Å²) < 4.78 is 25.2. The first-order valence-corrected chi connectivity index (χ1v) is 29.6. The highest BCUT2D eigenvalue weighted by molar-refractivity contribution is 7.85. The molecule has 0 saturated heterocycles. The van der Waals surface area contributed by atoms with E-state index in [4.69, 9.17) is 4.42 Å². The zero-order valence-corrected chi connectivity index (χ0v) is 45.6. The molecule has 2 heterocycles. The van der Waals surface area contributed by atoms with Gasteiger partial charge < -0.3 is 13.5 Å². The molecule has 0 saturated carbocycles. The van der Waals surface area contributed by atoms with Gasteiger partial charge in [-0.3, -0.25) is 0 Å². The molecule has 1 unspecified atom stereocenters. The third kappa shape index (κ3) is 8.41. The van der Waals surface area contributed by atoms with Gasteiger partial charge in [0, 0.05) is 48.7 Å². The van der Waals surface area contributed by atoms with Gasteiger partial charge in [0.15, 0.2) is 7.14 Å². The van der Waals surface area contributed by atoms with Gasteiger partial charge in [-0.15, -0.1) is 0 Å². The van der Waals surface area contributed by atoms with E-state index < -0.39 is 7.14 Å². The maximum absolute atomic E-state index is 16.3. The highest BCUT2D eigenvalue weighted by Crippen LogP contribution is 2.46. The Morgan fingerprint density at radius 2 is 0.671 bits per heavy atom. The summed E-state index contributed by atoms with van der Waals surface area (Å²) in [4.78, 5) is 0. The number of rotatable bonds is 11. The van der Waals surface area contributed by atoms with Crippen molar-refractivity contribution in [1.82, 2.24) is 4.57 Å². The van der Waals surface area contributed by atoms with E-state index in [9.17, 15) is 0 Å². The fourth-order valence-corrected chi connectivity index (χ4v) is 15.0. The van der Waals surface area contributed by atoms with Crippen LogP contribution in [0, 0.1) is 0 Å². The maximum atomic E-state index is 16.3. The second-order valence-corrected chi connectivity index (χ2v) is 23.8. The summed E-state index contributed by atoms with van der Waals surface area (Å²) in [7, 11) is -3.37. The van der Waals surface area contributed by atoms with E-state index in [0.717, 1.165) is 98.7 Å². The van der Waals surface area contributed by atoms with Crippen LogP contribution in [0.5, 0.6) is 0 Å². The first-order chi connectivity index (χ1) is 40.5. The number of hydrogen-bond acceptors (Lipinski definition) is 2. The van der Waals surface area contributed by atoms with Crippen molar-refractivity contribution in [3.05, 3.63) is 315 Å². The van der Waals surface area contributed by atoms with E-state index in [1.54, 1.807) is 0 Å². The average Bonchev–Trinajstić information content (AvgIpc) is 4.02. The van der Waals surface area contributed by atoms with Gasteiger partial charge in [0.1, 0.15) is 11.2 Å². The summed E-state index contributed by atoms with van der Waals surface area (Å²) in [5.74, 6) is 0. The Kier molecular flexibility index (Phi) is 12.1. The van der Waals surface area contributed by atoms with Crippen LogP contribution >= 0.6 is 7.14 Å². The molecule has 3 nitrogen and oxygen atoms in total. The van der Waals surface area contributed by atoms with Crippen molar-refractivity contribution in [2.24, 2.45) is 0 Å². The monoisotopic (exact) mass is 1070 g/mol. The van der Waals surface area contributed by atoms with Crippen molar-refractivity contribution in [2.45, 2.75) is 0 Å². The third-order valence-corrected chi connectivity index (χ3v) is 19.4. The largest absolute Gasteiger partial charge is 0.455 e. The summed E-state index contributed by atoms with van der Waals surface area (Å²) in [6, 6.07) is 111. The minimum absolute atomic E-state index is 0.787. The van der Waals surface area contributed by atoms with Crippen molar-refractivity contribution in [1.29, 1.82) is 0 Å². The highest BCUT2D eigenvalue weighted by Gasteiger charge is 2.31. The first-order valence-electron chi connectivity index (χ1n) is 27.9. The minimum atomic E-state index is -3.37.